The molecule has 1 amide bonds. The number of pyridine rings is 1. The van der Waals surface area contributed by atoms with Crippen LogP contribution in [0, 0.1) is 17.8 Å². The second kappa shape index (κ2) is 8.98. The van der Waals surface area contributed by atoms with E-state index in [4.69, 9.17) is 14.8 Å². The molecule has 0 aromatic carbocycles. The number of nitrogens with zero attached hydrogens (tertiary/aromatic N) is 2. The van der Waals surface area contributed by atoms with Crippen LogP contribution in [0.5, 0.6) is 0 Å². The zero-order valence-corrected chi connectivity index (χ0v) is 19.9. The van der Waals surface area contributed by atoms with E-state index >= 15 is 0 Å². The molecule has 8 nitrogen and oxygen atoms in total. The SMILES string of the molecule is CCCSc1nc(N2CCC(OC(=O)O)C2)ccc1C(=O)N[C@H]1C2CC3CC1C[C@@](O)(C3)C2. The fourth-order valence-corrected chi connectivity index (χ4v) is 7.58. The first-order chi connectivity index (χ1) is 15.8. The van der Waals surface area contributed by atoms with Crippen LogP contribution in [0.2, 0.25) is 0 Å². The summed E-state index contributed by atoms with van der Waals surface area (Å²) in [7, 11) is 0. The summed E-state index contributed by atoms with van der Waals surface area (Å²) in [6, 6.07) is 3.84. The molecule has 1 saturated heterocycles. The lowest BCUT2D eigenvalue weighted by Gasteiger charge is -2.58. The van der Waals surface area contributed by atoms with Gasteiger partial charge >= 0.3 is 6.16 Å². The molecule has 5 aliphatic rings. The molecule has 1 aromatic heterocycles. The topological polar surface area (TPSA) is 112 Å². The van der Waals surface area contributed by atoms with Crippen molar-refractivity contribution in [3.63, 3.8) is 0 Å². The van der Waals surface area contributed by atoms with Gasteiger partial charge in [-0.2, -0.15) is 0 Å². The third-order valence-corrected chi connectivity index (χ3v) is 9.01. The number of amides is 1. The summed E-state index contributed by atoms with van der Waals surface area (Å²) in [6.45, 7) is 3.24. The van der Waals surface area contributed by atoms with Crippen molar-refractivity contribution in [2.75, 3.05) is 23.7 Å². The molecule has 4 aliphatic carbocycles. The third-order valence-electron chi connectivity index (χ3n) is 7.81. The van der Waals surface area contributed by atoms with Crippen LogP contribution in [0.3, 0.4) is 0 Å². The highest BCUT2D eigenvalue weighted by Crippen LogP contribution is 2.55. The maximum absolute atomic E-state index is 13.4. The molecule has 2 heterocycles. The molecule has 1 aromatic rings. The van der Waals surface area contributed by atoms with Gasteiger partial charge in [0.1, 0.15) is 16.9 Å². The van der Waals surface area contributed by atoms with Crippen LogP contribution in [0.25, 0.3) is 0 Å². The van der Waals surface area contributed by atoms with Crippen molar-refractivity contribution in [3.8, 4) is 0 Å². The van der Waals surface area contributed by atoms with Crippen molar-refractivity contribution >= 4 is 29.6 Å². The Labute approximate surface area is 198 Å². The predicted molar refractivity (Wildman–Crippen MR) is 125 cm³/mol. The maximum Gasteiger partial charge on any atom is 0.506 e. The Balaban J connectivity index is 1.31. The molecule has 0 radical (unpaired) electrons. The van der Waals surface area contributed by atoms with Gasteiger partial charge in [0.05, 0.1) is 17.7 Å². The molecule has 9 heteroatoms. The summed E-state index contributed by atoms with van der Waals surface area (Å²) >= 11 is 1.59. The first-order valence-electron chi connectivity index (χ1n) is 12.1. The number of ether oxygens (including phenoxy) is 1. The number of anilines is 1. The number of carbonyl (C=O) groups excluding carboxylic acids is 1. The Kier molecular flexibility index (Phi) is 6.20. The molecule has 33 heavy (non-hydrogen) atoms. The average Bonchev–Trinajstić information content (AvgIpc) is 3.21. The molecule has 3 unspecified atom stereocenters. The number of carboxylic acid groups (broad SMARTS) is 1. The highest BCUT2D eigenvalue weighted by molar-refractivity contribution is 7.99. The first kappa shape index (κ1) is 22.8. The number of hydrogen-bond acceptors (Lipinski definition) is 7. The molecule has 0 spiro atoms. The van der Waals surface area contributed by atoms with E-state index in [1.165, 1.54) is 0 Å². The van der Waals surface area contributed by atoms with Gasteiger partial charge in [-0.1, -0.05) is 6.92 Å². The monoisotopic (exact) mass is 475 g/mol. The minimum absolute atomic E-state index is 0.0781. The molecule has 3 N–H and O–H groups in total. The minimum atomic E-state index is -1.25. The van der Waals surface area contributed by atoms with Gasteiger partial charge in [0.2, 0.25) is 0 Å². The Morgan fingerprint density at radius 1 is 1.27 bits per heavy atom. The van der Waals surface area contributed by atoms with Crippen LogP contribution in [0.4, 0.5) is 10.6 Å². The van der Waals surface area contributed by atoms with Crippen molar-refractivity contribution in [2.45, 2.75) is 74.6 Å². The lowest BCUT2D eigenvalue weighted by atomic mass is 9.52. The molecule has 5 fully saturated rings. The number of hydrogen-bond donors (Lipinski definition) is 3. The molecule has 4 bridgehead atoms. The number of rotatable bonds is 7. The van der Waals surface area contributed by atoms with Crippen LogP contribution in [-0.2, 0) is 4.74 Å². The Hall–Kier alpha value is -2.00. The van der Waals surface area contributed by atoms with Gasteiger partial charge in [0.15, 0.2) is 0 Å². The number of aliphatic hydroxyl groups is 1. The zero-order valence-electron chi connectivity index (χ0n) is 19.0. The lowest BCUT2D eigenvalue weighted by Crippen LogP contribution is -2.61. The third kappa shape index (κ3) is 4.67. The van der Waals surface area contributed by atoms with Gasteiger partial charge in [0.25, 0.3) is 5.91 Å². The van der Waals surface area contributed by atoms with E-state index in [9.17, 15) is 14.7 Å². The first-order valence-corrected chi connectivity index (χ1v) is 13.1. The van der Waals surface area contributed by atoms with E-state index in [-0.39, 0.29) is 18.1 Å². The molecule has 6 rings (SSSR count). The van der Waals surface area contributed by atoms with Crippen molar-refractivity contribution in [2.24, 2.45) is 17.8 Å². The summed E-state index contributed by atoms with van der Waals surface area (Å²) in [4.78, 5) is 31.1. The van der Waals surface area contributed by atoms with Gasteiger partial charge in [-0.15, -0.1) is 11.8 Å². The number of aromatic nitrogens is 1. The molecular formula is C24H33N3O5S. The number of thioether (sulfide) groups is 1. The van der Waals surface area contributed by atoms with Crippen molar-refractivity contribution in [3.05, 3.63) is 17.7 Å². The molecule has 180 valence electrons. The Bertz CT molecular complexity index is 911. The summed E-state index contributed by atoms with van der Waals surface area (Å²) in [5, 5.41) is 23.8. The number of nitrogens with one attached hydrogen (secondary N) is 1. The predicted octanol–water partition coefficient (Wildman–Crippen LogP) is 3.53. The van der Waals surface area contributed by atoms with E-state index in [1.807, 2.05) is 17.0 Å². The van der Waals surface area contributed by atoms with Crippen LogP contribution < -0.4 is 10.2 Å². The van der Waals surface area contributed by atoms with Crippen molar-refractivity contribution < 1.29 is 24.5 Å². The van der Waals surface area contributed by atoms with Crippen molar-refractivity contribution in [1.82, 2.24) is 10.3 Å². The van der Waals surface area contributed by atoms with Gasteiger partial charge in [-0.05, 0) is 74.2 Å². The summed E-state index contributed by atoms with van der Waals surface area (Å²) in [5.74, 6) is 2.86. The minimum Gasteiger partial charge on any atom is -0.450 e. The van der Waals surface area contributed by atoms with Crippen LogP contribution in [0.1, 0.15) is 62.2 Å². The van der Waals surface area contributed by atoms with E-state index in [0.717, 1.165) is 55.1 Å². The standard InChI is InChI=1S/C24H33N3O5S/c1-2-7-33-22-18(3-4-19(25-22)27-6-5-17(13-27)32-23(29)30)21(28)26-20-15-8-14-9-16(20)12-24(31,10-14)11-15/h3-4,14-17,20,31H,2,5-13H2,1H3,(H,26,28)(H,29,30)/t14?,15?,16?,17?,20-,24+. The molecular weight excluding hydrogens is 442 g/mol. The van der Waals surface area contributed by atoms with Gasteiger partial charge < -0.3 is 25.2 Å². The summed E-state index contributed by atoms with van der Waals surface area (Å²) in [5.41, 5.74) is 0.0864. The van der Waals surface area contributed by atoms with E-state index < -0.39 is 11.8 Å². The van der Waals surface area contributed by atoms with Crippen LogP contribution in [-0.4, -0.2) is 63.8 Å². The lowest BCUT2D eigenvalue weighted by molar-refractivity contribution is -0.136. The fraction of sp³-hybridized carbons (Fsp3) is 0.708. The number of carbonyl (C=O) groups is 2. The van der Waals surface area contributed by atoms with Crippen LogP contribution in [0.15, 0.2) is 17.2 Å². The fourth-order valence-electron chi connectivity index (χ4n) is 6.71. The Morgan fingerprint density at radius 2 is 2.03 bits per heavy atom. The van der Waals surface area contributed by atoms with Gasteiger partial charge in [0, 0.05) is 19.0 Å². The second-order valence-corrected chi connectivity index (χ2v) is 11.4. The highest BCUT2D eigenvalue weighted by atomic mass is 32.2. The molecule has 3 atom stereocenters. The average molecular weight is 476 g/mol. The smallest absolute Gasteiger partial charge is 0.450 e. The summed E-state index contributed by atoms with van der Waals surface area (Å²) in [6.07, 6.45) is 4.73. The maximum atomic E-state index is 13.4. The quantitative estimate of drug-likeness (QED) is 0.406. The molecule has 1 aliphatic heterocycles. The largest absolute Gasteiger partial charge is 0.506 e. The van der Waals surface area contributed by atoms with Crippen LogP contribution >= 0.6 is 11.8 Å². The normalized spacial score (nSPS) is 34.5. The van der Waals surface area contributed by atoms with E-state index in [2.05, 4.69) is 12.2 Å². The zero-order chi connectivity index (χ0) is 23.2. The van der Waals surface area contributed by atoms with E-state index in [0.29, 0.717) is 42.8 Å². The van der Waals surface area contributed by atoms with Gasteiger partial charge in [-0.25, -0.2) is 9.78 Å². The van der Waals surface area contributed by atoms with E-state index in [1.54, 1.807) is 11.8 Å². The van der Waals surface area contributed by atoms with Gasteiger partial charge in [-0.3, -0.25) is 4.79 Å². The highest BCUT2D eigenvalue weighted by Gasteiger charge is 2.55. The van der Waals surface area contributed by atoms with Crippen molar-refractivity contribution in [1.29, 1.82) is 0 Å². The Morgan fingerprint density at radius 3 is 2.70 bits per heavy atom. The summed E-state index contributed by atoms with van der Waals surface area (Å²) < 4.78 is 4.92. The molecule has 4 saturated carbocycles. The second-order valence-electron chi connectivity index (χ2n) is 10.3.